The highest BCUT2D eigenvalue weighted by Crippen LogP contribution is 2.19. The minimum absolute atomic E-state index is 0.489. The Balaban J connectivity index is 2.07. The zero-order valence-electron chi connectivity index (χ0n) is 10.5. The summed E-state index contributed by atoms with van der Waals surface area (Å²) in [6.07, 6.45) is 2.86. The molecular weight excluding hydrogens is 224 g/mol. The molecule has 1 heterocycles. The molecule has 18 heavy (non-hydrogen) atoms. The molecule has 1 aromatic heterocycles. The van der Waals surface area contributed by atoms with Gasteiger partial charge < -0.3 is 10.8 Å². The normalized spacial score (nSPS) is 14.1. The number of nitrogens with two attached hydrogens (primary N) is 1. The minimum Gasteiger partial charge on any atom is -0.389 e. The Labute approximate surface area is 107 Å². The number of nitrogen functional groups attached to an aromatic ring is 1. The number of benzene rings is 1. The molecule has 2 rings (SSSR count). The van der Waals surface area contributed by atoms with Gasteiger partial charge in [-0.3, -0.25) is 0 Å². The molecule has 0 spiro atoms. The Bertz CT molecular complexity index is 509. The molecule has 3 nitrogen and oxygen atoms in total. The van der Waals surface area contributed by atoms with Crippen LogP contribution in [0.2, 0.25) is 0 Å². The average Bonchev–Trinajstić information content (AvgIpc) is 2.28. The van der Waals surface area contributed by atoms with Gasteiger partial charge in [-0.15, -0.1) is 0 Å². The Morgan fingerprint density at radius 1 is 1.11 bits per heavy atom. The van der Waals surface area contributed by atoms with E-state index in [9.17, 15) is 5.11 Å². The molecule has 3 heteroatoms. The molecule has 3 N–H and O–H groups in total. The molecule has 0 aliphatic heterocycles. The molecule has 0 aliphatic rings. The minimum atomic E-state index is -0.783. The van der Waals surface area contributed by atoms with Crippen LogP contribution < -0.4 is 5.73 Å². The van der Waals surface area contributed by atoms with Crippen LogP contribution in [0.15, 0.2) is 48.7 Å². The van der Waals surface area contributed by atoms with Crippen molar-refractivity contribution in [1.82, 2.24) is 4.98 Å². The molecule has 2 aromatic rings. The third-order valence-electron chi connectivity index (χ3n) is 2.86. The highest BCUT2D eigenvalue weighted by Gasteiger charge is 2.21. The lowest BCUT2D eigenvalue weighted by atomic mass is 9.90. The van der Waals surface area contributed by atoms with Crippen LogP contribution in [0.3, 0.4) is 0 Å². The fourth-order valence-electron chi connectivity index (χ4n) is 2.14. The molecule has 94 valence electrons. The topological polar surface area (TPSA) is 59.1 Å². The Morgan fingerprint density at radius 2 is 1.78 bits per heavy atom. The van der Waals surface area contributed by atoms with Gasteiger partial charge in [0.05, 0.1) is 5.60 Å². The third-order valence-corrected chi connectivity index (χ3v) is 2.86. The lowest BCUT2D eigenvalue weighted by Crippen LogP contribution is -2.30. The molecule has 0 aliphatic carbocycles. The second-order valence-corrected chi connectivity index (χ2v) is 4.93. The van der Waals surface area contributed by atoms with Crippen LogP contribution >= 0.6 is 0 Å². The monoisotopic (exact) mass is 242 g/mol. The van der Waals surface area contributed by atoms with Crippen molar-refractivity contribution in [3.8, 4) is 0 Å². The van der Waals surface area contributed by atoms with E-state index in [-0.39, 0.29) is 0 Å². The van der Waals surface area contributed by atoms with Crippen molar-refractivity contribution in [3.63, 3.8) is 0 Å². The van der Waals surface area contributed by atoms with E-state index in [2.05, 4.69) is 4.98 Å². The van der Waals surface area contributed by atoms with Gasteiger partial charge in [0.2, 0.25) is 0 Å². The number of aromatic nitrogens is 1. The van der Waals surface area contributed by atoms with Gasteiger partial charge in [0.25, 0.3) is 0 Å². The van der Waals surface area contributed by atoms with Gasteiger partial charge >= 0.3 is 0 Å². The van der Waals surface area contributed by atoms with Crippen LogP contribution in [0, 0.1) is 0 Å². The first-order chi connectivity index (χ1) is 8.55. The van der Waals surface area contributed by atoms with E-state index in [1.165, 1.54) is 0 Å². The van der Waals surface area contributed by atoms with E-state index in [4.69, 9.17) is 5.73 Å². The highest BCUT2D eigenvalue weighted by atomic mass is 16.3. The number of pyridine rings is 1. The van der Waals surface area contributed by atoms with Crippen molar-refractivity contribution >= 4 is 5.82 Å². The van der Waals surface area contributed by atoms with Gasteiger partial charge in [-0.25, -0.2) is 4.98 Å². The summed E-state index contributed by atoms with van der Waals surface area (Å²) in [4.78, 5) is 3.95. The molecular formula is C15H18N2O. The van der Waals surface area contributed by atoms with Crippen LogP contribution in [0.5, 0.6) is 0 Å². The Morgan fingerprint density at radius 3 is 2.44 bits per heavy atom. The van der Waals surface area contributed by atoms with Crippen molar-refractivity contribution in [2.45, 2.75) is 25.4 Å². The zero-order valence-corrected chi connectivity index (χ0v) is 10.5. The summed E-state index contributed by atoms with van der Waals surface area (Å²) in [6, 6.07) is 13.7. The third kappa shape index (κ3) is 3.57. The van der Waals surface area contributed by atoms with Gasteiger partial charge in [0.15, 0.2) is 0 Å². The number of hydrogen-bond acceptors (Lipinski definition) is 3. The fraction of sp³-hybridized carbons (Fsp3) is 0.267. The summed E-state index contributed by atoms with van der Waals surface area (Å²) >= 11 is 0. The number of rotatable bonds is 4. The lowest BCUT2D eigenvalue weighted by Gasteiger charge is -2.23. The van der Waals surface area contributed by atoms with Crippen LogP contribution in [0.25, 0.3) is 0 Å². The number of aliphatic hydroxyl groups is 1. The Kier molecular flexibility index (Phi) is 3.63. The fourth-order valence-corrected chi connectivity index (χ4v) is 2.14. The zero-order chi connectivity index (χ0) is 13.0. The summed E-state index contributed by atoms with van der Waals surface area (Å²) in [7, 11) is 0. The van der Waals surface area contributed by atoms with Crippen LogP contribution in [-0.4, -0.2) is 15.7 Å². The molecule has 0 radical (unpaired) electrons. The second kappa shape index (κ2) is 5.19. The SMILES string of the molecule is CC(O)(Cc1ccccc1)Cc1ccnc(N)c1. The first-order valence-electron chi connectivity index (χ1n) is 6.02. The van der Waals surface area contributed by atoms with Crippen molar-refractivity contribution in [2.75, 3.05) is 5.73 Å². The number of hydrogen-bond donors (Lipinski definition) is 2. The van der Waals surface area contributed by atoms with E-state index in [0.29, 0.717) is 18.7 Å². The molecule has 0 amide bonds. The highest BCUT2D eigenvalue weighted by molar-refractivity contribution is 5.32. The second-order valence-electron chi connectivity index (χ2n) is 4.93. The summed E-state index contributed by atoms with van der Waals surface area (Å²) < 4.78 is 0. The largest absolute Gasteiger partial charge is 0.389 e. The van der Waals surface area contributed by atoms with E-state index in [1.54, 1.807) is 12.3 Å². The van der Waals surface area contributed by atoms with Crippen molar-refractivity contribution in [3.05, 3.63) is 59.8 Å². The van der Waals surface area contributed by atoms with Gasteiger partial charge in [-0.2, -0.15) is 0 Å². The van der Waals surface area contributed by atoms with E-state index in [0.717, 1.165) is 11.1 Å². The van der Waals surface area contributed by atoms with Gasteiger partial charge in [-0.05, 0) is 30.2 Å². The van der Waals surface area contributed by atoms with Crippen LogP contribution in [0.1, 0.15) is 18.1 Å². The standard InChI is InChI=1S/C15H18N2O/c1-15(18,10-12-5-3-2-4-6-12)11-13-7-8-17-14(16)9-13/h2-9,18H,10-11H2,1H3,(H2,16,17). The average molecular weight is 242 g/mol. The van der Waals surface area contributed by atoms with Crippen LogP contribution in [-0.2, 0) is 12.8 Å². The van der Waals surface area contributed by atoms with Gasteiger partial charge in [0, 0.05) is 19.0 Å². The Hall–Kier alpha value is -1.87. The van der Waals surface area contributed by atoms with Gasteiger partial charge in [0.1, 0.15) is 5.82 Å². The van der Waals surface area contributed by atoms with Crippen LogP contribution in [0.4, 0.5) is 5.82 Å². The maximum atomic E-state index is 10.5. The van der Waals surface area contributed by atoms with Crippen molar-refractivity contribution in [2.24, 2.45) is 0 Å². The molecule has 1 aromatic carbocycles. The maximum Gasteiger partial charge on any atom is 0.123 e. The summed E-state index contributed by atoms with van der Waals surface area (Å²) in [6.45, 7) is 1.84. The van der Waals surface area contributed by atoms with E-state index >= 15 is 0 Å². The van der Waals surface area contributed by atoms with Crippen molar-refractivity contribution in [1.29, 1.82) is 0 Å². The predicted octanol–water partition coefficient (Wildman–Crippen LogP) is 2.20. The maximum absolute atomic E-state index is 10.5. The van der Waals surface area contributed by atoms with Crippen molar-refractivity contribution < 1.29 is 5.11 Å². The first kappa shape index (κ1) is 12.6. The first-order valence-corrected chi connectivity index (χ1v) is 6.02. The predicted molar refractivity (Wildman–Crippen MR) is 73.1 cm³/mol. The molecule has 0 saturated carbocycles. The lowest BCUT2D eigenvalue weighted by molar-refractivity contribution is 0.0608. The quantitative estimate of drug-likeness (QED) is 0.864. The molecule has 0 fully saturated rings. The summed E-state index contributed by atoms with van der Waals surface area (Å²) in [5.74, 6) is 0.489. The number of nitrogens with zero attached hydrogens (tertiary/aromatic N) is 1. The number of anilines is 1. The molecule has 1 unspecified atom stereocenters. The summed E-state index contributed by atoms with van der Waals surface area (Å²) in [5, 5.41) is 10.5. The van der Waals surface area contributed by atoms with E-state index in [1.807, 2.05) is 43.3 Å². The molecule has 0 saturated heterocycles. The molecule has 1 atom stereocenters. The van der Waals surface area contributed by atoms with E-state index < -0.39 is 5.60 Å². The molecule has 0 bridgehead atoms. The van der Waals surface area contributed by atoms with Gasteiger partial charge in [-0.1, -0.05) is 30.3 Å². The summed E-state index contributed by atoms with van der Waals surface area (Å²) in [5.41, 5.74) is 6.99. The smallest absolute Gasteiger partial charge is 0.123 e.